The van der Waals surface area contributed by atoms with E-state index in [-0.39, 0.29) is 29.9 Å². The average molecular weight is 447 g/mol. The van der Waals surface area contributed by atoms with Gasteiger partial charge in [0.2, 0.25) is 5.91 Å². The molecule has 0 radical (unpaired) electrons. The number of nitrogens with one attached hydrogen (secondary N) is 1. The standard InChI is InChI=1S/C26H27FN4O2/c27-19-13-11-18(12-14-19)16-30-23-10-6-5-9-21(23)22-15-28-31(26(33)25(22)30)17-24(32)29-20-7-3-1-2-4-8-20/h5-6,9-15,20H,1-4,7-8,16-17H2,(H,29,32). The van der Waals surface area contributed by atoms with Gasteiger partial charge in [-0.1, -0.05) is 56.0 Å². The van der Waals surface area contributed by atoms with E-state index in [0.717, 1.165) is 47.5 Å². The lowest BCUT2D eigenvalue weighted by molar-refractivity contribution is -0.122. The molecule has 1 amide bonds. The predicted molar refractivity (Wildman–Crippen MR) is 127 cm³/mol. The number of para-hydroxylation sites is 1. The molecule has 33 heavy (non-hydrogen) atoms. The van der Waals surface area contributed by atoms with Gasteiger partial charge in [0.15, 0.2) is 0 Å². The molecule has 0 saturated heterocycles. The summed E-state index contributed by atoms with van der Waals surface area (Å²) in [5.74, 6) is -0.482. The lowest BCUT2D eigenvalue weighted by atomic mass is 10.1. The van der Waals surface area contributed by atoms with E-state index in [1.165, 1.54) is 29.7 Å². The summed E-state index contributed by atoms with van der Waals surface area (Å²) in [6, 6.07) is 14.2. The van der Waals surface area contributed by atoms with E-state index in [1.54, 1.807) is 18.3 Å². The SMILES string of the molecule is O=C(Cn1ncc2c3ccccc3n(Cc3ccc(F)cc3)c2c1=O)NC1CCCCCC1. The van der Waals surface area contributed by atoms with Crippen molar-refractivity contribution in [2.75, 3.05) is 0 Å². The van der Waals surface area contributed by atoms with Crippen molar-refractivity contribution >= 4 is 27.7 Å². The number of aromatic nitrogens is 3. The highest BCUT2D eigenvalue weighted by molar-refractivity contribution is 6.07. The largest absolute Gasteiger partial charge is 0.352 e. The van der Waals surface area contributed by atoms with Crippen LogP contribution in [0.2, 0.25) is 0 Å². The lowest BCUT2D eigenvalue weighted by Gasteiger charge is -2.16. The Balaban J connectivity index is 1.50. The van der Waals surface area contributed by atoms with Crippen molar-refractivity contribution < 1.29 is 9.18 Å². The minimum absolute atomic E-state index is 0.108. The molecular weight excluding hydrogens is 419 g/mol. The van der Waals surface area contributed by atoms with Crippen molar-refractivity contribution in [1.29, 1.82) is 0 Å². The molecule has 1 fully saturated rings. The van der Waals surface area contributed by atoms with E-state index in [9.17, 15) is 14.0 Å². The molecular formula is C26H27FN4O2. The third-order valence-corrected chi connectivity index (χ3v) is 6.54. The summed E-state index contributed by atoms with van der Waals surface area (Å²) in [5.41, 5.74) is 1.98. The summed E-state index contributed by atoms with van der Waals surface area (Å²) in [6.07, 6.45) is 8.31. The van der Waals surface area contributed by atoms with Crippen LogP contribution in [0.3, 0.4) is 0 Å². The van der Waals surface area contributed by atoms with Crippen molar-refractivity contribution in [1.82, 2.24) is 19.7 Å². The van der Waals surface area contributed by atoms with Gasteiger partial charge in [-0.15, -0.1) is 0 Å². The number of fused-ring (bicyclic) bond motifs is 3. The molecule has 0 bridgehead atoms. The van der Waals surface area contributed by atoms with Crippen molar-refractivity contribution in [3.05, 3.63) is 76.5 Å². The number of amides is 1. The van der Waals surface area contributed by atoms with Gasteiger partial charge >= 0.3 is 0 Å². The predicted octanol–water partition coefficient (Wildman–Crippen LogP) is 4.38. The van der Waals surface area contributed by atoms with Crippen molar-refractivity contribution in [2.24, 2.45) is 0 Å². The van der Waals surface area contributed by atoms with E-state index in [1.807, 2.05) is 28.8 Å². The zero-order valence-corrected chi connectivity index (χ0v) is 18.5. The summed E-state index contributed by atoms with van der Waals surface area (Å²) in [7, 11) is 0. The maximum atomic E-state index is 13.5. The summed E-state index contributed by atoms with van der Waals surface area (Å²) >= 11 is 0. The first-order valence-electron chi connectivity index (χ1n) is 11.6. The Labute approximate surface area is 191 Å². The van der Waals surface area contributed by atoms with E-state index in [2.05, 4.69) is 10.4 Å². The minimum Gasteiger partial charge on any atom is -0.352 e. The smallest absolute Gasteiger partial charge is 0.291 e. The summed E-state index contributed by atoms with van der Waals surface area (Å²) in [6.45, 7) is 0.307. The van der Waals surface area contributed by atoms with E-state index in [0.29, 0.717) is 12.1 Å². The van der Waals surface area contributed by atoms with Gasteiger partial charge in [0.05, 0.1) is 6.20 Å². The number of carbonyl (C=O) groups is 1. The van der Waals surface area contributed by atoms with Crippen LogP contribution in [-0.4, -0.2) is 26.3 Å². The molecule has 0 unspecified atom stereocenters. The van der Waals surface area contributed by atoms with Crippen LogP contribution in [-0.2, 0) is 17.9 Å². The number of hydrogen-bond donors (Lipinski definition) is 1. The van der Waals surface area contributed by atoms with Gasteiger partial charge < -0.3 is 9.88 Å². The number of rotatable bonds is 5. The number of benzene rings is 2. The third-order valence-electron chi connectivity index (χ3n) is 6.54. The second-order valence-corrected chi connectivity index (χ2v) is 8.86. The lowest BCUT2D eigenvalue weighted by Crippen LogP contribution is -2.39. The molecule has 1 N–H and O–H groups in total. The van der Waals surface area contributed by atoms with Gasteiger partial charge in [-0.3, -0.25) is 9.59 Å². The highest BCUT2D eigenvalue weighted by Crippen LogP contribution is 2.27. The molecule has 5 rings (SSSR count). The van der Waals surface area contributed by atoms with Crippen molar-refractivity contribution in [3.63, 3.8) is 0 Å². The van der Waals surface area contributed by atoms with Crippen LogP contribution in [0, 0.1) is 5.82 Å². The molecule has 1 aliphatic rings. The summed E-state index contributed by atoms with van der Waals surface area (Å²) in [5, 5.41) is 9.08. The third kappa shape index (κ3) is 4.40. The van der Waals surface area contributed by atoms with E-state index < -0.39 is 0 Å². The van der Waals surface area contributed by atoms with Crippen LogP contribution in [0.5, 0.6) is 0 Å². The zero-order valence-electron chi connectivity index (χ0n) is 18.5. The highest BCUT2D eigenvalue weighted by Gasteiger charge is 2.19. The van der Waals surface area contributed by atoms with E-state index >= 15 is 0 Å². The van der Waals surface area contributed by atoms with Gasteiger partial charge in [-0.2, -0.15) is 5.10 Å². The van der Waals surface area contributed by atoms with Crippen LogP contribution in [0.4, 0.5) is 4.39 Å². The Kier molecular flexibility index (Phi) is 5.94. The fourth-order valence-electron chi connectivity index (χ4n) is 4.88. The normalized spacial score (nSPS) is 15.1. The summed E-state index contributed by atoms with van der Waals surface area (Å²) in [4.78, 5) is 26.2. The quantitative estimate of drug-likeness (QED) is 0.463. The fourth-order valence-corrected chi connectivity index (χ4v) is 4.88. The van der Waals surface area contributed by atoms with Crippen LogP contribution in [0.1, 0.15) is 44.1 Å². The van der Waals surface area contributed by atoms with Crippen molar-refractivity contribution in [3.8, 4) is 0 Å². The van der Waals surface area contributed by atoms with Crippen LogP contribution in [0.25, 0.3) is 21.8 Å². The van der Waals surface area contributed by atoms with Gasteiger partial charge in [0, 0.05) is 28.9 Å². The van der Waals surface area contributed by atoms with Gasteiger partial charge in [-0.25, -0.2) is 9.07 Å². The Morgan fingerprint density at radius 1 is 1.00 bits per heavy atom. The van der Waals surface area contributed by atoms with Crippen LogP contribution < -0.4 is 10.9 Å². The molecule has 2 aromatic carbocycles. The molecule has 6 nitrogen and oxygen atoms in total. The molecule has 1 saturated carbocycles. The van der Waals surface area contributed by atoms with Crippen molar-refractivity contribution in [2.45, 2.75) is 57.7 Å². The number of halogens is 1. The molecule has 7 heteroatoms. The number of carbonyl (C=O) groups excluding carboxylic acids is 1. The number of nitrogens with zero attached hydrogens (tertiary/aromatic N) is 3. The monoisotopic (exact) mass is 446 g/mol. The van der Waals surface area contributed by atoms with Crippen LogP contribution >= 0.6 is 0 Å². The second kappa shape index (κ2) is 9.17. The first-order valence-corrected chi connectivity index (χ1v) is 11.6. The maximum absolute atomic E-state index is 13.5. The van der Waals surface area contributed by atoms with Crippen LogP contribution in [0.15, 0.2) is 59.5 Å². The van der Waals surface area contributed by atoms with Gasteiger partial charge in [0.25, 0.3) is 5.56 Å². The van der Waals surface area contributed by atoms with Gasteiger partial charge in [0.1, 0.15) is 17.9 Å². The highest BCUT2D eigenvalue weighted by atomic mass is 19.1. The Bertz CT molecular complexity index is 1350. The fraction of sp³-hybridized carbons (Fsp3) is 0.346. The Hall–Kier alpha value is -3.48. The molecule has 170 valence electrons. The minimum atomic E-state index is -0.304. The maximum Gasteiger partial charge on any atom is 0.291 e. The topological polar surface area (TPSA) is 68.9 Å². The summed E-state index contributed by atoms with van der Waals surface area (Å²) < 4.78 is 16.6. The first kappa shape index (κ1) is 21.4. The zero-order chi connectivity index (χ0) is 22.8. The molecule has 0 atom stereocenters. The molecule has 0 spiro atoms. The first-order chi connectivity index (χ1) is 16.1. The molecule has 4 aromatic rings. The molecule has 2 heterocycles. The van der Waals surface area contributed by atoms with Gasteiger partial charge in [-0.05, 0) is 36.6 Å². The molecule has 2 aromatic heterocycles. The molecule has 1 aliphatic carbocycles. The Morgan fingerprint density at radius 2 is 1.73 bits per heavy atom. The van der Waals surface area contributed by atoms with E-state index in [4.69, 9.17) is 0 Å². The average Bonchev–Trinajstić information content (AvgIpc) is 2.94. The second-order valence-electron chi connectivity index (χ2n) is 8.86. The Morgan fingerprint density at radius 3 is 2.48 bits per heavy atom. The molecule has 0 aliphatic heterocycles. The number of hydrogen-bond acceptors (Lipinski definition) is 3.